The SMILES string of the molecule is C=CC.C=CC.CCCCCCC. The van der Waals surface area contributed by atoms with Crippen LogP contribution in [0.5, 0.6) is 0 Å². The summed E-state index contributed by atoms with van der Waals surface area (Å²) in [5, 5.41) is 0. The molecule has 0 heteroatoms. The van der Waals surface area contributed by atoms with E-state index in [0.717, 1.165) is 0 Å². The van der Waals surface area contributed by atoms with Crippen molar-refractivity contribution in [2.45, 2.75) is 59.8 Å². The molecule has 0 aliphatic rings. The molecule has 0 unspecified atom stereocenters. The molecule has 0 saturated heterocycles. The Balaban J connectivity index is -0.000000140. The van der Waals surface area contributed by atoms with Crippen LogP contribution in [0.4, 0.5) is 0 Å². The summed E-state index contributed by atoms with van der Waals surface area (Å²) in [7, 11) is 0. The molecule has 0 aromatic carbocycles. The minimum Gasteiger partial charge on any atom is -0.103 e. The molecule has 0 bridgehead atoms. The summed E-state index contributed by atoms with van der Waals surface area (Å²) in [6, 6.07) is 0. The molecule has 0 amide bonds. The molecular formula is C13H28. The van der Waals surface area contributed by atoms with Gasteiger partial charge in [0.05, 0.1) is 0 Å². The molecule has 0 atom stereocenters. The molecular weight excluding hydrogens is 156 g/mol. The molecule has 0 fully saturated rings. The number of hydrogen-bond donors (Lipinski definition) is 0. The van der Waals surface area contributed by atoms with Gasteiger partial charge in [-0.15, -0.1) is 13.2 Å². The summed E-state index contributed by atoms with van der Waals surface area (Å²) in [5.74, 6) is 0. The monoisotopic (exact) mass is 184 g/mol. The second kappa shape index (κ2) is 30.0. The summed E-state index contributed by atoms with van der Waals surface area (Å²) < 4.78 is 0. The highest BCUT2D eigenvalue weighted by molar-refractivity contribution is 4.51. The fourth-order valence-electron chi connectivity index (χ4n) is 0.677. The first-order chi connectivity index (χ1) is 6.24. The second-order valence-electron chi connectivity index (χ2n) is 2.88. The second-order valence-corrected chi connectivity index (χ2v) is 2.88. The molecule has 0 nitrogen and oxygen atoms in total. The van der Waals surface area contributed by atoms with Crippen molar-refractivity contribution in [1.82, 2.24) is 0 Å². The lowest BCUT2D eigenvalue weighted by atomic mass is 10.2. The Morgan fingerprint density at radius 2 is 1.00 bits per heavy atom. The number of unbranched alkanes of at least 4 members (excludes halogenated alkanes) is 4. The first kappa shape index (κ1) is 18.3. The third-order valence-corrected chi connectivity index (χ3v) is 1.21. The van der Waals surface area contributed by atoms with Crippen LogP contribution in [0, 0.1) is 0 Å². The van der Waals surface area contributed by atoms with Gasteiger partial charge in [-0.2, -0.15) is 0 Å². The van der Waals surface area contributed by atoms with Gasteiger partial charge in [0.15, 0.2) is 0 Å². The predicted octanol–water partition coefficient (Wildman–Crippen LogP) is 5.36. The molecule has 0 aliphatic carbocycles. The van der Waals surface area contributed by atoms with Crippen molar-refractivity contribution in [2.24, 2.45) is 0 Å². The number of hydrogen-bond acceptors (Lipinski definition) is 0. The Kier molecular flexibility index (Phi) is 42.3. The highest BCUT2D eigenvalue weighted by atomic mass is 13.9. The molecule has 0 spiro atoms. The van der Waals surface area contributed by atoms with Crippen molar-refractivity contribution in [3.8, 4) is 0 Å². The minimum atomic E-state index is 1.36. The molecule has 80 valence electrons. The van der Waals surface area contributed by atoms with Crippen LogP contribution >= 0.6 is 0 Å². The third-order valence-electron chi connectivity index (χ3n) is 1.21. The van der Waals surface area contributed by atoms with Crippen LogP contribution in [0.25, 0.3) is 0 Å². The molecule has 0 aromatic heterocycles. The quantitative estimate of drug-likeness (QED) is 0.407. The first-order valence-electron chi connectivity index (χ1n) is 5.39. The lowest BCUT2D eigenvalue weighted by Gasteiger charge is -1.90. The lowest BCUT2D eigenvalue weighted by molar-refractivity contribution is 0.656. The van der Waals surface area contributed by atoms with E-state index in [9.17, 15) is 0 Å². The Morgan fingerprint density at radius 1 is 0.769 bits per heavy atom. The van der Waals surface area contributed by atoms with Crippen molar-refractivity contribution in [1.29, 1.82) is 0 Å². The zero-order valence-electron chi connectivity index (χ0n) is 10.1. The highest BCUT2D eigenvalue weighted by Crippen LogP contribution is 2.00. The molecule has 0 radical (unpaired) electrons. The van der Waals surface area contributed by atoms with Crippen molar-refractivity contribution in [2.75, 3.05) is 0 Å². The molecule has 0 aliphatic heterocycles. The summed E-state index contributed by atoms with van der Waals surface area (Å²) in [6.07, 6.45) is 10.5. The van der Waals surface area contributed by atoms with E-state index in [1.165, 1.54) is 32.1 Å². The predicted molar refractivity (Wildman–Crippen MR) is 66.2 cm³/mol. The van der Waals surface area contributed by atoms with Gasteiger partial charge in [-0.25, -0.2) is 0 Å². The van der Waals surface area contributed by atoms with Gasteiger partial charge in [0.1, 0.15) is 0 Å². The molecule has 0 heterocycles. The van der Waals surface area contributed by atoms with Crippen molar-refractivity contribution < 1.29 is 0 Å². The topological polar surface area (TPSA) is 0 Å². The summed E-state index contributed by atoms with van der Waals surface area (Å²) in [4.78, 5) is 0. The van der Waals surface area contributed by atoms with Crippen molar-refractivity contribution >= 4 is 0 Å². The van der Waals surface area contributed by atoms with E-state index in [4.69, 9.17) is 0 Å². The van der Waals surface area contributed by atoms with Crippen LogP contribution in [-0.4, -0.2) is 0 Å². The average Bonchev–Trinajstić information content (AvgIpc) is 2.08. The zero-order chi connectivity index (χ0) is 10.9. The van der Waals surface area contributed by atoms with E-state index < -0.39 is 0 Å². The van der Waals surface area contributed by atoms with Gasteiger partial charge >= 0.3 is 0 Å². The van der Waals surface area contributed by atoms with E-state index in [1.54, 1.807) is 12.2 Å². The first-order valence-corrected chi connectivity index (χ1v) is 5.39. The standard InChI is InChI=1S/C7H16.2C3H6/c1-3-5-7-6-4-2;2*1-3-2/h3-7H2,1-2H3;2*3H,1H2,2H3. The molecule has 0 aromatic rings. The van der Waals surface area contributed by atoms with Crippen LogP contribution in [0.2, 0.25) is 0 Å². The average molecular weight is 184 g/mol. The van der Waals surface area contributed by atoms with E-state index >= 15 is 0 Å². The fraction of sp³-hybridized carbons (Fsp3) is 0.692. The highest BCUT2D eigenvalue weighted by Gasteiger charge is 1.80. The van der Waals surface area contributed by atoms with Crippen LogP contribution in [-0.2, 0) is 0 Å². The summed E-state index contributed by atoms with van der Waals surface area (Å²) in [5.41, 5.74) is 0. The Bertz CT molecular complexity index is 62.1. The van der Waals surface area contributed by atoms with Gasteiger partial charge in [-0.3, -0.25) is 0 Å². The number of allylic oxidation sites excluding steroid dienone is 2. The largest absolute Gasteiger partial charge is 0.103 e. The van der Waals surface area contributed by atoms with Crippen LogP contribution in [0.3, 0.4) is 0 Å². The molecule has 0 saturated carbocycles. The summed E-state index contributed by atoms with van der Waals surface area (Å²) in [6.45, 7) is 15.0. The van der Waals surface area contributed by atoms with Gasteiger partial charge in [0, 0.05) is 0 Å². The van der Waals surface area contributed by atoms with E-state index in [-0.39, 0.29) is 0 Å². The minimum absolute atomic E-state index is 1.36. The molecule has 0 rings (SSSR count). The van der Waals surface area contributed by atoms with Gasteiger partial charge in [0.25, 0.3) is 0 Å². The molecule has 13 heavy (non-hydrogen) atoms. The Morgan fingerprint density at radius 3 is 1.15 bits per heavy atom. The van der Waals surface area contributed by atoms with Crippen molar-refractivity contribution in [3.63, 3.8) is 0 Å². The summed E-state index contributed by atoms with van der Waals surface area (Å²) >= 11 is 0. The van der Waals surface area contributed by atoms with Gasteiger partial charge in [-0.1, -0.05) is 58.1 Å². The smallest absolute Gasteiger partial charge is 0.0473 e. The maximum atomic E-state index is 3.36. The maximum Gasteiger partial charge on any atom is -0.0473 e. The van der Waals surface area contributed by atoms with Gasteiger partial charge < -0.3 is 0 Å². The van der Waals surface area contributed by atoms with Crippen LogP contribution < -0.4 is 0 Å². The van der Waals surface area contributed by atoms with E-state index in [1.807, 2.05) is 13.8 Å². The van der Waals surface area contributed by atoms with E-state index in [2.05, 4.69) is 27.0 Å². The van der Waals surface area contributed by atoms with Crippen molar-refractivity contribution in [3.05, 3.63) is 25.3 Å². The van der Waals surface area contributed by atoms with Crippen LogP contribution in [0.1, 0.15) is 59.8 Å². The third kappa shape index (κ3) is 85.2. The zero-order valence-corrected chi connectivity index (χ0v) is 10.1. The fourth-order valence-corrected chi connectivity index (χ4v) is 0.677. The maximum absolute atomic E-state index is 3.36. The van der Waals surface area contributed by atoms with Gasteiger partial charge in [0.2, 0.25) is 0 Å². The van der Waals surface area contributed by atoms with Gasteiger partial charge in [-0.05, 0) is 13.8 Å². The van der Waals surface area contributed by atoms with Crippen LogP contribution in [0.15, 0.2) is 25.3 Å². The number of rotatable bonds is 4. The Labute approximate surface area is 85.8 Å². The normalized spacial score (nSPS) is 7.08. The Hall–Kier alpha value is -0.520. The lowest BCUT2D eigenvalue weighted by Crippen LogP contribution is -1.70. The van der Waals surface area contributed by atoms with E-state index in [0.29, 0.717) is 0 Å². The molecule has 0 N–H and O–H groups in total.